The van der Waals surface area contributed by atoms with Gasteiger partial charge < -0.3 is 5.11 Å². The lowest BCUT2D eigenvalue weighted by Crippen LogP contribution is -2.00. The van der Waals surface area contributed by atoms with Crippen LogP contribution in [0.15, 0.2) is 35.2 Å². The highest BCUT2D eigenvalue weighted by molar-refractivity contribution is 7.99. The lowest BCUT2D eigenvalue weighted by molar-refractivity contribution is 0.0691. The number of nitrogens with zero attached hydrogens (tertiary/aromatic N) is 1. The van der Waals surface area contributed by atoms with E-state index in [0.717, 1.165) is 34.4 Å². The van der Waals surface area contributed by atoms with E-state index in [-0.39, 0.29) is 5.69 Å². The van der Waals surface area contributed by atoms with Gasteiger partial charge in [0.25, 0.3) is 0 Å². The van der Waals surface area contributed by atoms with Crippen LogP contribution in [0.2, 0.25) is 0 Å². The number of fused-ring (bicyclic) bond motifs is 1. The quantitative estimate of drug-likeness (QED) is 0.656. The van der Waals surface area contributed by atoms with Crippen LogP contribution in [0.4, 0.5) is 0 Å². The van der Waals surface area contributed by atoms with Crippen molar-refractivity contribution in [2.75, 3.05) is 5.75 Å². The molecule has 1 heterocycles. The van der Waals surface area contributed by atoms with E-state index in [1.807, 2.05) is 24.3 Å². The monoisotopic (exact) mass is 261 g/mol. The molecule has 4 heteroatoms. The van der Waals surface area contributed by atoms with Gasteiger partial charge in [-0.15, -0.1) is 11.8 Å². The number of unbranched alkanes of at least 4 members (excludes halogenated alkanes) is 1. The van der Waals surface area contributed by atoms with Gasteiger partial charge >= 0.3 is 5.97 Å². The van der Waals surface area contributed by atoms with E-state index in [4.69, 9.17) is 5.11 Å². The van der Waals surface area contributed by atoms with Gasteiger partial charge in [-0.1, -0.05) is 31.5 Å². The van der Waals surface area contributed by atoms with Crippen LogP contribution in [0.5, 0.6) is 0 Å². The maximum atomic E-state index is 10.9. The SMILES string of the molecule is CCCCSc1cccc2ccc(C(=O)O)nc12. The fourth-order valence-electron chi connectivity index (χ4n) is 1.68. The van der Waals surface area contributed by atoms with Crippen LogP contribution in [-0.4, -0.2) is 21.8 Å². The minimum atomic E-state index is -0.981. The molecule has 2 aromatic rings. The van der Waals surface area contributed by atoms with Gasteiger partial charge in [0.2, 0.25) is 0 Å². The van der Waals surface area contributed by atoms with Crippen LogP contribution < -0.4 is 0 Å². The number of carbonyl (C=O) groups is 1. The van der Waals surface area contributed by atoms with Crippen LogP contribution in [0, 0.1) is 0 Å². The van der Waals surface area contributed by atoms with Crippen molar-refractivity contribution in [1.29, 1.82) is 0 Å². The largest absolute Gasteiger partial charge is 0.477 e. The molecular weight excluding hydrogens is 246 g/mol. The first-order valence-electron chi connectivity index (χ1n) is 5.98. The van der Waals surface area contributed by atoms with Crippen LogP contribution in [0.1, 0.15) is 30.3 Å². The second-order valence-electron chi connectivity index (χ2n) is 4.03. The van der Waals surface area contributed by atoms with E-state index in [9.17, 15) is 4.79 Å². The number of pyridine rings is 1. The molecule has 0 amide bonds. The Morgan fingerprint density at radius 3 is 2.89 bits per heavy atom. The molecule has 0 saturated carbocycles. The Bertz CT molecular complexity index is 569. The number of para-hydroxylation sites is 1. The molecule has 0 spiro atoms. The zero-order chi connectivity index (χ0) is 13.0. The Hall–Kier alpha value is -1.55. The number of carboxylic acid groups (broad SMARTS) is 1. The van der Waals surface area contributed by atoms with Crippen LogP contribution in [-0.2, 0) is 0 Å². The Morgan fingerprint density at radius 2 is 2.17 bits per heavy atom. The highest BCUT2D eigenvalue weighted by atomic mass is 32.2. The third-order valence-corrected chi connectivity index (χ3v) is 3.79. The number of aromatic carboxylic acids is 1. The predicted octanol–water partition coefficient (Wildman–Crippen LogP) is 3.83. The second-order valence-corrected chi connectivity index (χ2v) is 5.17. The maximum absolute atomic E-state index is 10.9. The molecular formula is C14H15NO2S. The molecule has 0 aliphatic heterocycles. The summed E-state index contributed by atoms with van der Waals surface area (Å²) in [5.41, 5.74) is 0.893. The van der Waals surface area contributed by atoms with E-state index in [1.165, 1.54) is 0 Å². The molecule has 0 aliphatic rings. The summed E-state index contributed by atoms with van der Waals surface area (Å²) in [6.07, 6.45) is 2.31. The molecule has 18 heavy (non-hydrogen) atoms. The summed E-state index contributed by atoms with van der Waals surface area (Å²) >= 11 is 1.74. The molecule has 1 aromatic carbocycles. The third kappa shape index (κ3) is 2.82. The number of aromatic nitrogens is 1. The lowest BCUT2D eigenvalue weighted by atomic mass is 10.2. The molecule has 0 fully saturated rings. The zero-order valence-corrected chi connectivity index (χ0v) is 11.0. The van der Waals surface area contributed by atoms with Gasteiger partial charge in [0, 0.05) is 10.3 Å². The molecule has 0 saturated heterocycles. The van der Waals surface area contributed by atoms with Crippen molar-refractivity contribution < 1.29 is 9.90 Å². The Kier molecular flexibility index (Phi) is 4.20. The van der Waals surface area contributed by atoms with Gasteiger partial charge in [0.05, 0.1) is 5.52 Å². The molecule has 0 atom stereocenters. The number of rotatable bonds is 5. The first-order chi connectivity index (χ1) is 8.72. The molecule has 1 aromatic heterocycles. The summed E-state index contributed by atoms with van der Waals surface area (Å²) in [6.45, 7) is 2.16. The molecule has 3 nitrogen and oxygen atoms in total. The molecule has 1 N–H and O–H groups in total. The van der Waals surface area contributed by atoms with Crippen molar-refractivity contribution in [3.05, 3.63) is 36.0 Å². The summed E-state index contributed by atoms with van der Waals surface area (Å²) in [5, 5.41) is 9.97. The molecule has 0 bridgehead atoms. The normalized spacial score (nSPS) is 10.7. The summed E-state index contributed by atoms with van der Waals surface area (Å²) < 4.78 is 0. The average Bonchev–Trinajstić information content (AvgIpc) is 2.38. The molecule has 0 radical (unpaired) electrons. The van der Waals surface area contributed by atoms with Crippen LogP contribution >= 0.6 is 11.8 Å². The molecule has 0 unspecified atom stereocenters. The van der Waals surface area contributed by atoms with E-state index < -0.39 is 5.97 Å². The first-order valence-corrected chi connectivity index (χ1v) is 6.97. The van der Waals surface area contributed by atoms with E-state index in [1.54, 1.807) is 17.8 Å². The third-order valence-electron chi connectivity index (χ3n) is 2.66. The topological polar surface area (TPSA) is 50.2 Å². The number of thioether (sulfide) groups is 1. The summed E-state index contributed by atoms with van der Waals surface area (Å²) in [7, 11) is 0. The summed E-state index contributed by atoms with van der Waals surface area (Å²) in [5.74, 6) is 0.0551. The lowest BCUT2D eigenvalue weighted by Gasteiger charge is -2.06. The summed E-state index contributed by atoms with van der Waals surface area (Å²) in [4.78, 5) is 16.2. The van der Waals surface area contributed by atoms with Crippen molar-refractivity contribution in [2.24, 2.45) is 0 Å². The van der Waals surface area contributed by atoms with Crippen molar-refractivity contribution in [3.8, 4) is 0 Å². The average molecular weight is 261 g/mol. The van der Waals surface area contributed by atoms with E-state index >= 15 is 0 Å². The number of benzene rings is 1. The Labute approximate surface area is 110 Å². The minimum absolute atomic E-state index is 0.103. The molecule has 94 valence electrons. The van der Waals surface area contributed by atoms with Crippen LogP contribution in [0.3, 0.4) is 0 Å². The number of hydrogen-bond acceptors (Lipinski definition) is 3. The fraction of sp³-hybridized carbons (Fsp3) is 0.286. The zero-order valence-electron chi connectivity index (χ0n) is 10.2. The van der Waals surface area contributed by atoms with Crippen molar-refractivity contribution in [3.63, 3.8) is 0 Å². The van der Waals surface area contributed by atoms with Gasteiger partial charge in [-0.3, -0.25) is 0 Å². The standard InChI is InChI=1S/C14H15NO2S/c1-2-3-9-18-12-6-4-5-10-7-8-11(14(16)17)15-13(10)12/h4-8H,2-3,9H2,1H3,(H,16,17). The summed E-state index contributed by atoms with van der Waals surface area (Å²) in [6, 6.07) is 9.30. The molecule has 0 aliphatic carbocycles. The maximum Gasteiger partial charge on any atom is 0.354 e. The number of carboxylic acids is 1. The van der Waals surface area contributed by atoms with Crippen molar-refractivity contribution >= 4 is 28.6 Å². The van der Waals surface area contributed by atoms with E-state index in [2.05, 4.69) is 11.9 Å². The molecule has 2 rings (SSSR count). The Morgan fingerprint density at radius 1 is 1.33 bits per heavy atom. The minimum Gasteiger partial charge on any atom is -0.477 e. The predicted molar refractivity (Wildman–Crippen MR) is 74.3 cm³/mol. The van der Waals surface area contributed by atoms with Crippen molar-refractivity contribution in [2.45, 2.75) is 24.7 Å². The first kappa shape index (κ1) is 12.9. The van der Waals surface area contributed by atoms with Gasteiger partial charge in [-0.05, 0) is 24.3 Å². The highest BCUT2D eigenvalue weighted by Gasteiger charge is 2.08. The smallest absolute Gasteiger partial charge is 0.354 e. The van der Waals surface area contributed by atoms with E-state index in [0.29, 0.717) is 0 Å². The van der Waals surface area contributed by atoms with Gasteiger partial charge in [-0.25, -0.2) is 9.78 Å². The van der Waals surface area contributed by atoms with Gasteiger partial charge in [0.15, 0.2) is 0 Å². The number of hydrogen-bond donors (Lipinski definition) is 1. The fourth-order valence-corrected chi connectivity index (χ4v) is 2.81. The second kappa shape index (κ2) is 5.87. The Balaban J connectivity index is 2.39. The van der Waals surface area contributed by atoms with Crippen LogP contribution in [0.25, 0.3) is 10.9 Å². The highest BCUT2D eigenvalue weighted by Crippen LogP contribution is 2.27. The van der Waals surface area contributed by atoms with Crippen molar-refractivity contribution in [1.82, 2.24) is 4.98 Å². The van der Waals surface area contributed by atoms with Gasteiger partial charge in [-0.2, -0.15) is 0 Å². The van der Waals surface area contributed by atoms with Gasteiger partial charge in [0.1, 0.15) is 5.69 Å².